The fraction of sp³-hybridized carbons (Fsp3) is 0.250. The molecule has 0 aliphatic rings. The Morgan fingerprint density at radius 2 is 1.79 bits per heavy atom. The first-order chi connectivity index (χ1) is 8.78. The van der Waals surface area contributed by atoms with Crippen molar-refractivity contribution in [2.45, 2.75) is 17.1 Å². The van der Waals surface area contributed by atoms with Gasteiger partial charge in [0, 0.05) is 7.05 Å². The summed E-state index contributed by atoms with van der Waals surface area (Å²) in [6, 6.07) is 6.66. The number of sulfone groups is 1. The van der Waals surface area contributed by atoms with Crippen LogP contribution in [0.2, 0.25) is 0 Å². The lowest BCUT2D eigenvalue weighted by Gasteiger charge is -2.18. The second kappa shape index (κ2) is 4.41. The first kappa shape index (κ1) is 13.7. The van der Waals surface area contributed by atoms with Crippen LogP contribution in [0.15, 0.2) is 41.4 Å². The Morgan fingerprint density at radius 3 is 2.26 bits per heavy atom. The Bertz CT molecular complexity index is 674. The summed E-state index contributed by atoms with van der Waals surface area (Å²) in [6.07, 6.45) is 1.21. The molecule has 0 spiro atoms. The van der Waals surface area contributed by atoms with E-state index in [0.29, 0.717) is 0 Å². The number of rotatable bonds is 3. The van der Waals surface area contributed by atoms with Gasteiger partial charge in [0.15, 0.2) is 0 Å². The molecule has 102 valence electrons. The number of aryl methyl sites for hydroxylation is 2. The fourth-order valence-electron chi connectivity index (χ4n) is 1.84. The van der Waals surface area contributed by atoms with E-state index >= 15 is 0 Å². The van der Waals surface area contributed by atoms with E-state index in [1.54, 1.807) is 6.07 Å². The van der Waals surface area contributed by atoms with Crippen LogP contribution in [0, 0.1) is 6.92 Å². The zero-order valence-electron chi connectivity index (χ0n) is 10.3. The molecule has 2 aromatic rings. The van der Waals surface area contributed by atoms with Crippen LogP contribution in [0.25, 0.3) is 0 Å². The van der Waals surface area contributed by atoms with Crippen LogP contribution in [-0.4, -0.2) is 18.2 Å². The highest BCUT2D eigenvalue weighted by atomic mass is 32.2. The van der Waals surface area contributed by atoms with E-state index in [-0.39, 0.29) is 5.56 Å². The summed E-state index contributed by atoms with van der Waals surface area (Å²) in [6.45, 7) is 1.40. The van der Waals surface area contributed by atoms with Gasteiger partial charge in [-0.15, -0.1) is 0 Å². The number of aromatic nitrogens is 2. The molecule has 19 heavy (non-hydrogen) atoms. The molecule has 2 rings (SSSR count). The van der Waals surface area contributed by atoms with Gasteiger partial charge in [-0.1, -0.05) is 18.2 Å². The first-order valence-electron chi connectivity index (χ1n) is 5.45. The summed E-state index contributed by atoms with van der Waals surface area (Å²) in [4.78, 5) is -0.416. The van der Waals surface area contributed by atoms with Gasteiger partial charge in [-0.25, -0.2) is 8.42 Å². The van der Waals surface area contributed by atoms with Crippen molar-refractivity contribution in [3.8, 4) is 0 Å². The fourth-order valence-corrected chi connectivity index (χ4v) is 3.20. The monoisotopic (exact) mass is 286 g/mol. The minimum absolute atomic E-state index is 0.131. The number of alkyl halides is 2. The molecule has 0 aliphatic heterocycles. The van der Waals surface area contributed by atoms with Crippen molar-refractivity contribution in [1.82, 2.24) is 9.78 Å². The minimum atomic E-state index is -4.80. The molecule has 0 saturated carbocycles. The predicted octanol–water partition coefficient (Wildman–Crippen LogP) is 2.25. The summed E-state index contributed by atoms with van der Waals surface area (Å²) in [5, 5.41) is -0.362. The van der Waals surface area contributed by atoms with Crippen molar-refractivity contribution in [1.29, 1.82) is 0 Å². The smallest absolute Gasteiger partial charge is 0.265 e. The van der Waals surface area contributed by atoms with Gasteiger partial charge in [0.1, 0.15) is 5.69 Å². The Morgan fingerprint density at radius 1 is 1.21 bits per heavy atom. The van der Waals surface area contributed by atoms with E-state index < -0.39 is 25.7 Å². The molecule has 1 aromatic heterocycles. The lowest BCUT2D eigenvalue weighted by molar-refractivity contribution is 0.0803. The van der Waals surface area contributed by atoms with Crippen LogP contribution in [-0.2, 0) is 22.1 Å². The number of nitrogens with zero attached hydrogens (tertiary/aromatic N) is 2. The second-order valence-electron chi connectivity index (χ2n) is 4.13. The van der Waals surface area contributed by atoms with E-state index in [0.717, 1.165) is 16.8 Å². The van der Waals surface area contributed by atoms with Crippen molar-refractivity contribution < 1.29 is 17.2 Å². The van der Waals surface area contributed by atoms with E-state index in [1.165, 1.54) is 32.3 Å². The third kappa shape index (κ3) is 2.03. The molecule has 0 unspecified atom stereocenters. The van der Waals surface area contributed by atoms with Gasteiger partial charge in [-0.3, -0.25) is 4.68 Å². The maximum absolute atomic E-state index is 14.3. The molecule has 0 radical (unpaired) electrons. The van der Waals surface area contributed by atoms with Gasteiger partial charge in [0.2, 0.25) is 9.84 Å². The summed E-state index contributed by atoms with van der Waals surface area (Å²) < 4.78 is 53.7. The zero-order chi connectivity index (χ0) is 14.3. The lowest BCUT2D eigenvalue weighted by Crippen LogP contribution is -2.29. The number of hydrogen-bond acceptors (Lipinski definition) is 3. The van der Waals surface area contributed by atoms with Crippen LogP contribution in [0.1, 0.15) is 11.3 Å². The quantitative estimate of drug-likeness (QED) is 0.869. The van der Waals surface area contributed by atoms with Gasteiger partial charge >= 0.3 is 5.25 Å². The van der Waals surface area contributed by atoms with Crippen LogP contribution in [0.4, 0.5) is 8.78 Å². The molecule has 0 bridgehead atoms. The summed E-state index contributed by atoms with van der Waals surface area (Å²) in [7, 11) is -3.51. The topological polar surface area (TPSA) is 52.0 Å². The molecule has 0 saturated heterocycles. The largest absolute Gasteiger partial charge is 0.391 e. The molecule has 0 amide bonds. The molecule has 0 fully saturated rings. The van der Waals surface area contributed by atoms with Crippen LogP contribution >= 0.6 is 0 Å². The number of halogens is 2. The van der Waals surface area contributed by atoms with Crippen molar-refractivity contribution in [2.24, 2.45) is 7.05 Å². The number of benzene rings is 1. The lowest BCUT2D eigenvalue weighted by atomic mass is 10.3. The van der Waals surface area contributed by atoms with Gasteiger partial charge in [-0.2, -0.15) is 13.9 Å². The summed E-state index contributed by atoms with van der Waals surface area (Å²) >= 11 is 0. The van der Waals surface area contributed by atoms with Crippen LogP contribution in [0.5, 0.6) is 0 Å². The predicted molar refractivity (Wildman–Crippen MR) is 65.5 cm³/mol. The average Bonchev–Trinajstić information content (AvgIpc) is 2.70. The molecule has 4 nitrogen and oxygen atoms in total. The van der Waals surface area contributed by atoms with Crippen molar-refractivity contribution >= 4 is 9.84 Å². The molecule has 1 aromatic carbocycles. The average molecular weight is 286 g/mol. The first-order valence-corrected chi connectivity index (χ1v) is 6.93. The van der Waals surface area contributed by atoms with Crippen molar-refractivity contribution in [3.05, 3.63) is 47.8 Å². The van der Waals surface area contributed by atoms with Crippen LogP contribution < -0.4 is 0 Å². The minimum Gasteiger partial charge on any atom is -0.265 e. The SMILES string of the molecule is Cc1cnn(C)c1C(F)(F)S(=O)(=O)c1ccccc1. The van der Waals surface area contributed by atoms with E-state index in [1.807, 2.05) is 0 Å². The number of hydrogen-bond donors (Lipinski definition) is 0. The maximum atomic E-state index is 14.3. The Labute approximate surface area is 109 Å². The van der Waals surface area contributed by atoms with Gasteiger partial charge in [0.25, 0.3) is 0 Å². The highest BCUT2D eigenvalue weighted by Crippen LogP contribution is 2.39. The molecule has 0 atom stereocenters. The highest BCUT2D eigenvalue weighted by Gasteiger charge is 2.50. The zero-order valence-corrected chi connectivity index (χ0v) is 11.2. The molecule has 0 aliphatic carbocycles. The Hall–Kier alpha value is -1.76. The van der Waals surface area contributed by atoms with Crippen LogP contribution in [0.3, 0.4) is 0 Å². The van der Waals surface area contributed by atoms with Crippen molar-refractivity contribution in [3.63, 3.8) is 0 Å². The van der Waals surface area contributed by atoms with Gasteiger partial charge in [-0.05, 0) is 24.6 Å². The van der Waals surface area contributed by atoms with E-state index in [4.69, 9.17) is 0 Å². The summed E-state index contributed by atoms with van der Waals surface area (Å²) in [5.74, 6) is 0. The second-order valence-corrected chi connectivity index (χ2v) is 6.12. The molecular weight excluding hydrogens is 274 g/mol. The standard InChI is InChI=1S/C12H12F2N2O2S/c1-9-8-15-16(2)11(9)12(13,14)19(17,18)10-6-4-3-5-7-10/h3-8H,1-2H3. The van der Waals surface area contributed by atoms with Gasteiger partial charge in [0.05, 0.1) is 11.1 Å². The molecular formula is C12H12F2N2O2S. The maximum Gasteiger partial charge on any atom is 0.391 e. The van der Waals surface area contributed by atoms with E-state index in [2.05, 4.69) is 5.10 Å². The third-order valence-corrected chi connectivity index (χ3v) is 4.55. The Kier molecular flexibility index (Phi) is 3.17. The van der Waals surface area contributed by atoms with Gasteiger partial charge < -0.3 is 0 Å². The molecule has 0 N–H and O–H groups in total. The summed E-state index contributed by atoms with van der Waals surface area (Å²) in [5.41, 5.74) is -0.483. The third-order valence-electron chi connectivity index (χ3n) is 2.79. The highest BCUT2D eigenvalue weighted by molar-refractivity contribution is 7.92. The molecule has 1 heterocycles. The normalized spacial score (nSPS) is 12.6. The van der Waals surface area contributed by atoms with E-state index in [9.17, 15) is 17.2 Å². The van der Waals surface area contributed by atoms with Crippen molar-refractivity contribution in [2.75, 3.05) is 0 Å². The Balaban J connectivity index is 2.63. The molecule has 7 heteroatoms.